The van der Waals surface area contributed by atoms with Gasteiger partial charge in [-0.2, -0.15) is 0 Å². The Morgan fingerprint density at radius 3 is 2.19 bits per heavy atom. The number of hydrogen-bond donors (Lipinski definition) is 4. The largest absolute Gasteiger partial charge is 0.352 e. The minimum absolute atomic E-state index is 0.282. The van der Waals surface area contributed by atoms with Crippen molar-refractivity contribution >= 4 is 11.9 Å². The van der Waals surface area contributed by atoms with Gasteiger partial charge in [0.2, 0.25) is 5.91 Å². The lowest BCUT2D eigenvalue weighted by Crippen LogP contribution is -2.53. The molecule has 0 radical (unpaired) electrons. The van der Waals surface area contributed by atoms with Crippen LogP contribution in [0.5, 0.6) is 0 Å². The highest BCUT2D eigenvalue weighted by Crippen LogP contribution is 2.09. The molecule has 0 spiro atoms. The van der Waals surface area contributed by atoms with Crippen molar-refractivity contribution < 1.29 is 9.59 Å². The van der Waals surface area contributed by atoms with Crippen molar-refractivity contribution in [1.29, 1.82) is 0 Å². The number of nitrogens with one attached hydrogen (secondary N) is 2. The number of carbonyl (C=O) groups is 2. The van der Waals surface area contributed by atoms with Gasteiger partial charge in [0.05, 0.1) is 0 Å². The Morgan fingerprint density at radius 2 is 1.81 bits per heavy atom. The van der Waals surface area contributed by atoms with Crippen LogP contribution in [0.1, 0.15) is 33.6 Å². The molecular formula is C10H22N4O2. The zero-order valence-corrected chi connectivity index (χ0v) is 10.2. The molecule has 0 bridgehead atoms. The summed E-state index contributed by atoms with van der Waals surface area (Å²) in [6, 6.07) is -1.36. The average Bonchev–Trinajstić information content (AvgIpc) is 2.24. The number of rotatable bonds is 6. The third kappa shape index (κ3) is 4.97. The van der Waals surface area contributed by atoms with E-state index >= 15 is 0 Å². The molecule has 0 fully saturated rings. The lowest BCUT2D eigenvalue weighted by molar-refractivity contribution is -0.122. The van der Waals surface area contributed by atoms with Gasteiger partial charge < -0.3 is 22.1 Å². The molecule has 0 aliphatic heterocycles. The first-order valence-electron chi connectivity index (χ1n) is 5.47. The minimum Gasteiger partial charge on any atom is -0.352 e. The Bertz CT molecular complexity index is 251. The maximum atomic E-state index is 11.5. The van der Waals surface area contributed by atoms with Crippen LogP contribution < -0.4 is 22.1 Å². The van der Waals surface area contributed by atoms with E-state index < -0.39 is 12.1 Å². The van der Waals surface area contributed by atoms with Gasteiger partial charge in [0.15, 0.2) is 0 Å². The normalized spacial score (nSPS) is 13.0. The highest BCUT2D eigenvalue weighted by molar-refractivity contribution is 5.86. The van der Waals surface area contributed by atoms with Gasteiger partial charge in [0, 0.05) is 12.1 Å². The molecule has 0 heterocycles. The molecule has 6 N–H and O–H groups in total. The highest BCUT2D eigenvalue weighted by Gasteiger charge is 2.22. The van der Waals surface area contributed by atoms with Gasteiger partial charge in [-0.1, -0.05) is 13.8 Å². The number of amides is 3. The molecule has 6 heteroatoms. The SMILES string of the molecule is CCC(N)(CC)CNC(=O)C(C)NC(N)=O. The number of nitrogens with two attached hydrogens (primary N) is 2. The summed E-state index contributed by atoms with van der Waals surface area (Å²) >= 11 is 0. The third-order valence-electron chi connectivity index (χ3n) is 2.77. The molecule has 3 amide bonds. The predicted octanol–water partition coefficient (Wildman–Crippen LogP) is -0.323. The third-order valence-corrected chi connectivity index (χ3v) is 2.77. The standard InChI is InChI=1S/C10H22N4O2/c1-4-10(12,5-2)6-13-8(15)7(3)14-9(11)16/h7H,4-6,12H2,1-3H3,(H,13,15)(H3,11,14,16). The van der Waals surface area contributed by atoms with E-state index in [0.29, 0.717) is 6.54 Å². The fraction of sp³-hybridized carbons (Fsp3) is 0.800. The first-order valence-corrected chi connectivity index (χ1v) is 5.47. The maximum absolute atomic E-state index is 11.5. The molecule has 0 aliphatic carbocycles. The first-order chi connectivity index (χ1) is 7.34. The number of carbonyl (C=O) groups excluding carboxylic acids is 2. The van der Waals surface area contributed by atoms with Gasteiger partial charge in [0.1, 0.15) is 6.04 Å². The van der Waals surface area contributed by atoms with Gasteiger partial charge in [-0.15, -0.1) is 0 Å². The maximum Gasteiger partial charge on any atom is 0.312 e. The summed E-state index contributed by atoms with van der Waals surface area (Å²) in [5.41, 5.74) is 10.5. The molecule has 0 aromatic carbocycles. The zero-order valence-electron chi connectivity index (χ0n) is 10.2. The fourth-order valence-electron chi connectivity index (χ4n) is 1.20. The van der Waals surface area contributed by atoms with Gasteiger partial charge >= 0.3 is 6.03 Å². The summed E-state index contributed by atoms with van der Waals surface area (Å²) in [7, 11) is 0. The lowest BCUT2D eigenvalue weighted by Gasteiger charge is -2.27. The van der Waals surface area contributed by atoms with Crippen LogP contribution in [0.15, 0.2) is 0 Å². The second-order valence-corrected chi connectivity index (χ2v) is 4.02. The Labute approximate surface area is 96.1 Å². The van der Waals surface area contributed by atoms with Crippen LogP contribution in [0.3, 0.4) is 0 Å². The van der Waals surface area contributed by atoms with Gasteiger partial charge in [-0.3, -0.25) is 4.79 Å². The summed E-state index contributed by atoms with van der Waals surface area (Å²) in [5.74, 6) is -0.282. The molecule has 0 aromatic heterocycles. The van der Waals surface area contributed by atoms with Gasteiger partial charge in [0.25, 0.3) is 0 Å². The molecule has 1 unspecified atom stereocenters. The lowest BCUT2D eigenvalue weighted by atomic mass is 9.94. The smallest absolute Gasteiger partial charge is 0.312 e. The van der Waals surface area contributed by atoms with E-state index in [2.05, 4.69) is 10.6 Å². The molecule has 16 heavy (non-hydrogen) atoms. The summed E-state index contributed by atoms with van der Waals surface area (Å²) in [5, 5.41) is 5.00. The van der Waals surface area contributed by atoms with Crippen molar-refractivity contribution in [2.45, 2.75) is 45.2 Å². The Balaban J connectivity index is 4.10. The predicted molar refractivity (Wildman–Crippen MR) is 62.7 cm³/mol. The molecule has 0 saturated carbocycles. The van der Waals surface area contributed by atoms with Crippen molar-refractivity contribution in [3.8, 4) is 0 Å². The molecular weight excluding hydrogens is 208 g/mol. The molecule has 94 valence electrons. The topological polar surface area (TPSA) is 110 Å². The highest BCUT2D eigenvalue weighted by atomic mass is 16.2. The second kappa shape index (κ2) is 6.32. The van der Waals surface area contributed by atoms with E-state index in [1.807, 2.05) is 13.8 Å². The molecule has 0 rings (SSSR count). The molecule has 0 saturated heterocycles. The number of urea groups is 1. The van der Waals surface area contributed by atoms with E-state index in [9.17, 15) is 9.59 Å². The van der Waals surface area contributed by atoms with Crippen molar-refractivity contribution in [3.63, 3.8) is 0 Å². The van der Waals surface area contributed by atoms with Crippen LogP contribution in [0.4, 0.5) is 4.79 Å². The quantitative estimate of drug-likeness (QED) is 0.501. The summed E-state index contributed by atoms with van der Waals surface area (Å²) in [6.45, 7) is 5.90. The Morgan fingerprint density at radius 1 is 1.31 bits per heavy atom. The van der Waals surface area contributed by atoms with Crippen molar-refractivity contribution in [2.75, 3.05) is 6.54 Å². The van der Waals surface area contributed by atoms with Gasteiger partial charge in [-0.25, -0.2) is 4.79 Å². The van der Waals surface area contributed by atoms with E-state index in [1.165, 1.54) is 0 Å². The summed E-state index contributed by atoms with van der Waals surface area (Å²) in [4.78, 5) is 22.1. The number of primary amides is 1. The molecule has 6 nitrogen and oxygen atoms in total. The molecule has 1 atom stereocenters. The monoisotopic (exact) mass is 230 g/mol. The Hall–Kier alpha value is -1.30. The van der Waals surface area contributed by atoms with E-state index in [-0.39, 0.29) is 11.4 Å². The van der Waals surface area contributed by atoms with E-state index in [0.717, 1.165) is 12.8 Å². The average molecular weight is 230 g/mol. The van der Waals surface area contributed by atoms with Crippen molar-refractivity contribution in [3.05, 3.63) is 0 Å². The summed E-state index contributed by atoms with van der Waals surface area (Å²) < 4.78 is 0. The van der Waals surface area contributed by atoms with Crippen LogP contribution in [0, 0.1) is 0 Å². The fourth-order valence-corrected chi connectivity index (χ4v) is 1.20. The zero-order chi connectivity index (χ0) is 12.8. The second-order valence-electron chi connectivity index (χ2n) is 4.02. The molecule has 0 aliphatic rings. The minimum atomic E-state index is -0.715. The van der Waals surface area contributed by atoms with Crippen LogP contribution >= 0.6 is 0 Å². The van der Waals surface area contributed by atoms with Crippen LogP contribution in [-0.4, -0.2) is 30.1 Å². The van der Waals surface area contributed by atoms with E-state index in [1.54, 1.807) is 6.92 Å². The van der Waals surface area contributed by atoms with E-state index in [4.69, 9.17) is 11.5 Å². The number of hydrogen-bond acceptors (Lipinski definition) is 3. The summed E-state index contributed by atoms with van der Waals surface area (Å²) in [6.07, 6.45) is 1.56. The van der Waals surface area contributed by atoms with Gasteiger partial charge in [-0.05, 0) is 19.8 Å². The van der Waals surface area contributed by atoms with Crippen LogP contribution in [0.25, 0.3) is 0 Å². The Kier molecular flexibility index (Phi) is 5.81. The van der Waals surface area contributed by atoms with Crippen molar-refractivity contribution in [1.82, 2.24) is 10.6 Å². The van der Waals surface area contributed by atoms with Crippen LogP contribution in [-0.2, 0) is 4.79 Å². The molecule has 0 aromatic rings. The van der Waals surface area contributed by atoms with Crippen molar-refractivity contribution in [2.24, 2.45) is 11.5 Å². The first kappa shape index (κ1) is 14.7. The van der Waals surface area contributed by atoms with Crippen LogP contribution in [0.2, 0.25) is 0 Å².